The molecule has 3 aromatic rings. The molecule has 0 aliphatic carbocycles. The molecular formula is C22H21N3O3. The SMILES string of the molecule is COc1ccc(CC(=O)N/N=C(/c2ccccc2)c2ccncc2)cc1OC. The molecule has 1 N–H and O–H groups in total. The van der Waals surface area contributed by atoms with E-state index in [1.165, 1.54) is 0 Å². The molecule has 2 aromatic carbocycles. The monoisotopic (exact) mass is 375 g/mol. The summed E-state index contributed by atoms with van der Waals surface area (Å²) >= 11 is 0. The largest absolute Gasteiger partial charge is 0.493 e. The van der Waals surface area contributed by atoms with E-state index in [-0.39, 0.29) is 12.3 Å². The van der Waals surface area contributed by atoms with Crippen LogP contribution in [0.15, 0.2) is 78.2 Å². The quantitative estimate of drug-likeness (QED) is 0.508. The fourth-order valence-electron chi connectivity index (χ4n) is 2.74. The second-order valence-corrected chi connectivity index (χ2v) is 5.96. The van der Waals surface area contributed by atoms with Crippen molar-refractivity contribution in [3.8, 4) is 11.5 Å². The van der Waals surface area contributed by atoms with Gasteiger partial charge in [0, 0.05) is 23.5 Å². The lowest BCUT2D eigenvalue weighted by Crippen LogP contribution is -2.22. The summed E-state index contributed by atoms with van der Waals surface area (Å²) in [4.78, 5) is 16.5. The van der Waals surface area contributed by atoms with Gasteiger partial charge in [-0.2, -0.15) is 5.10 Å². The molecule has 0 atom stereocenters. The van der Waals surface area contributed by atoms with Crippen LogP contribution in [0.3, 0.4) is 0 Å². The Morgan fingerprint density at radius 1 is 0.929 bits per heavy atom. The van der Waals surface area contributed by atoms with Gasteiger partial charge in [-0.1, -0.05) is 36.4 Å². The van der Waals surface area contributed by atoms with Crippen molar-refractivity contribution in [1.82, 2.24) is 10.4 Å². The maximum Gasteiger partial charge on any atom is 0.244 e. The number of carbonyl (C=O) groups is 1. The van der Waals surface area contributed by atoms with E-state index >= 15 is 0 Å². The van der Waals surface area contributed by atoms with E-state index in [1.54, 1.807) is 38.7 Å². The third-order valence-electron chi connectivity index (χ3n) is 4.11. The molecule has 0 saturated carbocycles. The Bertz CT molecular complexity index is 916. The van der Waals surface area contributed by atoms with Crippen LogP contribution in [-0.4, -0.2) is 30.8 Å². The van der Waals surface area contributed by atoms with Gasteiger partial charge in [-0.3, -0.25) is 9.78 Å². The van der Waals surface area contributed by atoms with Gasteiger partial charge in [0.2, 0.25) is 5.91 Å². The highest BCUT2D eigenvalue weighted by Crippen LogP contribution is 2.27. The first kappa shape index (κ1) is 19.1. The second kappa shape index (κ2) is 9.32. The van der Waals surface area contributed by atoms with E-state index in [2.05, 4.69) is 15.5 Å². The highest BCUT2D eigenvalue weighted by atomic mass is 16.5. The first-order chi connectivity index (χ1) is 13.7. The predicted molar refractivity (Wildman–Crippen MR) is 108 cm³/mol. The molecule has 0 bridgehead atoms. The number of methoxy groups -OCH3 is 2. The van der Waals surface area contributed by atoms with Crippen LogP contribution in [0, 0.1) is 0 Å². The van der Waals surface area contributed by atoms with Gasteiger partial charge in [0.15, 0.2) is 11.5 Å². The van der Waals surface area contributed by atoms with Crippen molar-refractivity contribution in [1.29, 1.82) is 0 Å². The predicted octanol–water partition coefficient (Wildman–Crippen LogP) is 3.21. The van der Waals surface area contributed by atoms with Gasteiger partial charge in [0.05, 0.1) is 26.4 Å². The van der Waals surface area contributed by atoms with Gasteiger partial charge in [0.25, 0.3) is 0 Å². The summed E-state index contributed by atoms with van der Waals surface area (Å²) < 4.78 is 10.5. The third-order valence-corrected chi connectivity index (χ3v) is 4.11. The Kier molecular flexibility index (Phi) is 6.36. The van der Waals surface area contributed by atoms with E-state index in [0.29, 0.717) is 17.2 Å². The van der Waals surface area contributed by atoms with E-state index < -0.39 is 0 Å². The average Bonchev–Trinajstić information content (AvgIpc) is 2.75. The number of hydrogen-bond donors (Lipinski definition) is 1. The minimum absolute atomic E-state index is 0.169. The van der Waals surface area contributed by atoms with Crippen molar-refractivity contribution in [3.63, 3.8) is 0 Å². The van der Waals surface area contributed by atoms with Gasteiger partial charge in [-0.15, -0.1) is 0 Å². The molecule has 0 saturated heterocycles. The summed E-state index contributed by atoms with van der Waals surface area (Å²) in [6, 6.07) is 18.8. The van der Waals surface area contributed by atoms with Gasteiger partial charge in [0.1, 0.15) is 0 Å². The maximum absolute atomic E-state index is 12.4. The van der Waals surface area contributed by atoms with Crippen molar-refractivity contribution >= 4 is 11.6 Å². The Morgan fingerprint density at radius 3 is 2.29 bits per heavy atom. The highest BCUT2D eigenvalue weighted by Gasteiger charge is 2.10. The molecule has 6 nitrogen and oxygen atoms in total. The van der Waals surface area contributed by atoms with Crippen LogP contribution in [0.2, 0.25) is 0 Å². The second-order valence-electron chi connectivity index (χ2n) is 5.96. The number of amides is 1. The number of aromatic nitrogens is 1. The zero-order valence-corrected chi connectivity index (χ0v) is 15.8. The van der Waals surface area contributed by atoms with Gasteiger partial charge >= 0.3 is 0 Å². The number of pyridine rings is 1. The minimum atomic E-state index is -0.227. The van der Waals surface area contributed by atoms with Crippen molar-refractivity contribution < 1.29 is 14.3 Å². The summed E-state index contributed by atoms with van der Waals surface area (Å²) in [7, 11) is 3.13. The molecule has 0 aliphatic rings. The summed E-state index contributed by atoms with van der Waals surface area (Å²) in [6.07, 6.45) is 3.56. The summed E-state index contributed by atoms with van der Waals surface area (Å²) in [5.74, 6) is 0.974. The number of hydrazone groups is 1. The van der Waals surface area contributed by atoms with Crippen molar-refractivity contribution in [2.24, 2.45) is 5.10 Å². The summed E-state index contributed by atoms with van der Waals surface area (Å²) in [5.41, 5.74) is 5.89. The fourth-order valence-corrected chi connectivity index (χ4v) is 2.74. The molecule has 1 heterocycles. The van der Waals surface area contributed by atoms with Crippen LogP contribution < -0.4 is 14.9 Å². The number of rotatable bonds is 7. The van der Waals surface area contributed by atoms with E-state index in [4.69, 9.17) is 9.47 Å². The van der Waals surface area contributed by atoms with Crippen LogP contribution in [0.1, 0.15) is 16.7 Å². The number of carbonyl (C=O) groups excluding carboxylic acids is 1. The number of benzene rings is 2. The van der Waals surface area contributed by atoms with E-state index in [1.807, 2.05) is 48.5 Å². The number of hydrogen-bond acceptors (Lipinski definition) is 5. The molecule has 0 aliphatic heterocycles. The molecule has 0 spiro atoms. The van der Waals surface area contributed by atoms with Crippen LogP contribution in [0.4, 0.5) is 0 Å². The zero-order chi connectivity index (χ0) is 19.8. The number of ether oxygens (including phenoxy) is 2. The van der Waals surface area contributed by atoms with Gasteiger partial charge < -0.3 is 9.47 Å². The molecule has 1 amide bonds. The average molecular weight is 375 g/mol. The number of nitrogens with zero attached hydrogens (tertiary/aromatic N) is 2. The standard InChI is InChI=1S/C22H21N3O3/c1-27-19-9-8-16(14-20(19)28-2)15-21(26)24-25-22(17-6-4-3-5-7-17)18-10-12-23-13-11-18/h3-14H,15H2,1-2H3,(H,24,26)/b25-22-. The zero-order valence-electron chi connectivity index (χ0n) is 15.8. The molecule has 28 heavy (non-hydrogen) atoms. The fraction of sp³-hybridized carbons (Fsp3) is 0.136. The molecule has 3 rings (SSSR count). The lowest BCUT2D eigenvalue weighted by molar-refractivity contribution is -0.120. The Morgan fingerprint density at radius 2 is 1.61 bits per heavy atom. The molecule has 0 unspecified atom stereocenters. The minimum Gasteiger partial charge on any atom is -0.493 e. The van der Waals surface area contributed by atoms with Gasteiger partial charge in [-0.05, 0) is 29.8 Å². The van der Waals surface area contributed by atoms with Crippen LogP contribution in [0.5, 0.6) is 11.5 Å². The summed E-state index contributed by atoms with van der Waals surface area (Å²) in [6.45, 7) is 0. The lowest BCUT2D eigenvalue weighted by atomic mass is 10.0. The Hall–Kier alpha value is -3.67. The van der Waals surface area contributed by atoms with Crippen LogP contribution in [0.25, 0.3) is 0 Å². The first-order valence-electron chi connectivity index (χ1n) is 8.74. The van der Waals surface area contributed by atoms with E-state index in [9.17, 15) is 4.79 Å². The van der Waals surface area contributed by atoms with Gasteiger partial charge in [-0.25, -0.2) is 5.43 Å². The first-order valence-corrected chi connectivity index (χ1v) is 8.74. The highest BCUT2D eigenvalue weighted by molar-refractivity contribution is 6.13. The normalized spacial score (nSPS) is 11.0. The lowest BCUT2D eigenvalue weighted by Gasteiger charge is -2.10. The molecular weight excluding hydrogens is 354 g/mol. The Labute approximate surface area is 163 Å². The van der Waals surface area contributed by atoms with Crippen molar-refractivity contribution in [2.45, 2.75) is 6.42 Å². The smallest absolute Gasteiger partial charge is 0.244 e. The molecule has 142 valence electrons. The topological polar surface area (TPSA) is 72.8 Å². The van der Waals surface area contributed by atoms with Crippen LogP contribution in [-0.2, 0) is 11.2 Å². The van der Waals surface area contributed by atoms with E-state index in [0.717, 1.165) is 16.7 Å². The Balaban J connectivity index is 1.78. The maximum atomic E-state index is 12.4. The van der Waals surface area contributed by atoms with Crippen molar-refractivity contribution in [3.05, 3.63) is 89.7 Å². The third kappa shape index (κ3) is 4.73. The molecule has 1 aromatic heterocycles. The summed E-state index contributed by atoms with van der Waals surface area (Å²) in [5, 5.41) is 4.37. The molecule has 6 heteroatoms. The molecule has 0 radical (unpaired) electrons. The number of nitrogens with one attached hydrogen (secondary N) is 1. The van der Waals surface area contributed by atoms with Crippen LogP contribution >= 0.6 is 0 Å². The van der Waals surface area contributed by atoms with Crippen molar-refractivity contribution in [2.75, 3.05) is 14.2 Å². The molecule has 0 fully saturated rings.